The largest absolute Gasteiger partial charge is 0.465 e. The van der Waals surface area contributed by atoms with Gasteiger partial charge >= 0.3 is 0 Å². The molecular weight excluding hydrogens is 232 g/mol. The zero-order valence-corrected chi connectivity index (χ0v) is 11.6. The molecule has 0 atom stereocenters. The second-order valence-corrected chi connectivity index (χ2v) is 5.85. The lowest BCUT2D eigenvalue weighted by molar-refractivity contribution is 0.207. The molecule has 3 nitrogen and oxygen atoms in total. The number of hydrogen-bond acceptors (Lipinski definition) is 4. The van der Waals surface area contributed by atoms with Crippen LogP contribution in [0.1, 0.15) is 29.9 Å². The molecule has 0 amide bonds. The molecule has 0 radical (unpaired) electrons. The minimum Gasteiger partial charge on any atom is -0.465 e. The van der Waals surface area contributed by atoms with Crippen LogP contribution in [0, 0.1) is 6.92 Å². The maximum absolute atomic E-state index is 5.73. The molecule has 0 unspecified atom stereocenters. The average Bonchev–Trinajstić information content (AvgIpc) is 2.70. The van der Waals surface area contributed by atoms with Crippen molar-refractivity contribution in [3.05, 3.63) is 23.2 Å². The van der Waals surface area contributed by atoms with Crippen molar-refractivity contribution in [1.29, 1.82) is 0 Å². The van der Waals surface area contributed by atoms with Gasteiger partial charge in [0, 0.05) is 17.4 Å². The Balaban J connectivity index is 1.88. The molecule has 2 N–H and O–H groups in total. The average molecular weight is 254 g/mol. The Morgan fingerprint density at radius 3 is 2.71 bits per heavy atom. The quantitative estimate of drug-likeness (QED) is 0.896. The van der Waals surface area contributed by atoms with Crippen molar-refractivity contribution in [3.63, 3.8) is 0 Å². The highest BCUT2D eigenvalue weighted by Crippen LogP contribution is 2.23. The summed E-state index contributed by atoms with van der Waals surface area (Å²) in [5.41, 5.74) is 6.79. The van der Waals surface area contributed by atoms with Gasteiger partial charge in [-0.3, -0.25) is 4.90 Å². The van der Waals surface area contributed by atoms with Gasteiger partial charge in [-0.25, -0.2) is 0 Å². The fourth-order valence-electron chi connectivity index (χ4n) is 2.39. The molecule has 0 bridgehead atoms. The summed E-state index contributed by atoms with van der Waals surface area (Å²) in [6.45, 7) is 5.86. The number of nitrogens with two attached hydrogens (primary N) is 1. The van der Waals surface area contributed by atoms with E-state index >= 15 is 0 Å². The van der Waals surface area contributed by atoms with Gasteiger partial charge in [-0.05, 0) is 45.2 Å². The van der Waals surface area contributed by atoms with Crippen LogP contribution in [0.2, 0.25) is 0 Å². The van der Waals surface area contributed by atoms with E-state index in [4.69, 9.17) is 10.2 Å². The molecule has 1 fully saturated rings. The van der Waals surface area contributed by atoms with Crippen molar-refractivity contribution in [2.75, 3.05) is 19.3 Å². The Labute approximate surface area is 108 Å². The van der Waals surface area contributed by atoms with Gasteiger partial charge in [-0.2, -0.15) is 11.8 Å². The lowest BCUT2D eigenvalue weighted by Crippen LogP contribution is -2.34. The Kier molecular flexibility index (Phi) is 4.54. The monoisotopic (exact) mass is 254 g/mol. The standard InChI is InChI=1S/C13H22N2OS/c1-10-11(8-14)7-12(16-10)9-15-5-3-13(17-2)4-6-15/h7,13H,3-6,8-9,14H2,1-2H3. The molecule has 0 saturated carbocycles. The normalized spacial score (nSPS) is 18.8. The molecule has 1 saturated heterocycles. The minimum absolute atomic E-state index is 0.573. The van der Waals surface area contributed by atoms with Crippen molar-refractivity contribution >= 4 is 11.8 Å². The number of piperidine rings is 1. The van der Waals surface area contributed by atoms with E-state index < -0.39 is 0 Å². The predicted molar refractivity (Wildman–Crippen MR) is 73.2 cm³/mol. The number of likely N-dealkylation sites (tertiary alicyclic amines) is 1. The number of aryl methyl sites for hydroxylation is 1. The second-order valence-electron chi connectivity index (χ2n) is 4.71. The third-order valence-electron chi connectivity index (χ3n) is 3.54. The van der Waals surface area contributed by atoms with Crippen LogP contribution in [0.5, 0.6) is 0 Å². The molecule has 2 rings (SSSR count). The van der Waals surface area contributed by atoms with Crippen LogP contribution in [0.4, 0.5) is 0 Å². The lowest BCUT2D eigenvalue weighted by atomic mass is 10.1. The molecule has 17 heavy (non-hydrogen) atoms. The van der Waals surface area contributed by atoms with Gasteiger partial charge in [0.25, 0.3) is 0 Å². The van der Waals surface area contributed by atoms with E-state index in [1.165, 1.54) is 25.9 Å². The number of furan rings is 1. The highest BCUT2D eigenvalue weighted by Gasteiger charge is 2.19. The summed E-state index contributed by atoms with van der Waals surface area (Å²) in [5.74, 6) is 2.03. The molecule has 4 heteroatoms. The van der Waals surface area contributed by atoms with E-state index in [9.17, 15) is 0 Å². The minimum atomic E-state index is 0.573. The Bertz CT molecular complexity index is 356. The number of rotatable bonds is 4. The third-order valence-corrected chi connectivity index (χ3v) is 4.68. The summed E-state index contributed by atoms with van der Waals surface area (Å²) in [4.78, 5) is 2.48. The Morgan fingerprint density at radius 1 is 1.47 bits per heavy atom. The fraction of sp³-hybridized carbons (Fsp3) is 0.692. The molecule has 96 valence electrons. The molecule has 1 aliphatic rings. The maximum Gasteiger partial charge on any atom is 0.118 e. The summed E-state index contributed by atoms with van der Waals surface area (Å²) in [6, 6.07) is 2.11. The van der Waals surface area contributed by atoms with Gasteiger partial charge in [-0.1, -0.05) is 0 Å². The van der Waals surface area contributed by atoms with Gasteiger partial charge in [0.2, 0.25) is 0 Å². The van der Waals surface area contributed by atoms with E-state index in [0.29, 0.717) is 6.54 Å². The predicted octanol–water partition coefficient (Wildman–Crippen LogP) is 2.37. The zero-order chi connectivity index (χ0) is 12.3. The van der Waals surface area contributed by atoms with Crippen molar-refractivity contribution in [2.24, 2.45) is 5.73 Å². The summed E-state index contributed by atoms with van der Waals surface area (Å²) < 4.78 is 5.73. The van der Waals surface area contributed by atoms with Gasteiger partial charge in [-0.15, -0.1) is 0 Å². The van der Waals surface area contributed by atoms with Crippen molar-refractivity contribution < 1.29 is 4.42 Å². The summed E-state index contributed by atoms with van der Waals surface area (Å²) in [6.07, 6.45) is 4.80. The second kappa shape index (κ2) is 5.94. The van der Waals surface area contributed by atoms with Crippen molar-refractivity contribution in [3.8, 4) is 0 Å². The van der Waals surface area contributed by atoms with E-state index in [2.05, 4.69) is 17.2 Å². The van der Waals surface area contributed by atoms with Gasteiger partial charge in [0.15, 0.2) is 0 Å². The van der Waals surface area contributed by atoms with Crippen LogP contribution in [0.3, 0.4) is 0 Å². The lowest BCUT2D eigenvalue weighted by Gasteiger charge is -2.30. The van der Waals surface area contributed by atoms with Crippen LogP contribution < -0.4 is 5.73 Å². The molecule has 0 aliphatic carbocycles. The maximum atomic E-state index is 5.73. The van der Waals surface area contributed by atoms with E-state index in [-0.39, 0.29) is 0 Å². The first-order chi connectivity index (χ1) is 8.22. The third kappa shape index (κ3) is 3.27. The van der Waals surface area contributed by atoms with Crippen LogP contribution in [0.15, 0.2) is 10.5 Å². The van der Waals surface area contributed by atoms with Gasteiger partial charge < -0.3 is 10.2 Å². The molecule has 0 spiro atoms. The molecule has 1 aliphatic heterocycles. The Hall–Kier alpha value is -0.450. The molecule has 1 aromatic heterocycles. The molecule has 2 heterocycles. The van der Waals surface area contributed by atoms with Crippen LogP contribution in [-0.4, -0.2) is 29.5 Å². The molecular formula is C13H22N2OS. The van der Waals surface area contributed by atoms with E-state index in [1.807, 2.05) is 18.7 Å². The summed E-state index contributed by atoms with van der Waals surface area (Å²) in [5, 5.41) is 0.851. The topological polar surface area (TPSA) is 42.4 Å². The summed E-state index contributed by atoms with van der Waals surface area (Å²) >= 11 is 2.00. The van der Waals surface area contributed by atoms with Crippen molar-refractivity contribution in [2.45, 2.75) is 38.1 Å². The van der Waals surface area contributed by atoms with Crippen molar-refractivity contribution in [1.82, 2.24) is 4.90 Å². The smallest absolute Gasteiger partial charge is 0.118 e. The first kappa shape index (κ1) is 13.0. The van der Waals surface area contributed by atoms with E-state index in [1.54, 1.807) is 0 Å². The number of hydrogen-bond donors (Lipinski definition) is 1. The first-order valence-corrected chi connectivity index (χ1v) is 7.55. The van der Waals surface area contributed by atoms with Crippen LogP contribution >= 0.6 is 11.8 Å². The zero-order valence-electron chi connectivity index (χ0n) is 10.7. The fourth-order valence-corrected chi connectivity index (χ4v) is 3.07. The van der Waals surface area contributed by atoms with Gasteiger partial charge in [0.1, 0.15) is 11.5 Å². The highest BCUT2D eigenvalue weighted by molar-refractivity contribution is 7.99. The van der Waals surface area contributed by atoms with Gasteiger partial charge in [0.05, 0.1) is 6.54 Å². The number of thioether (sulfide) groups is 1. The van der Waals surface area contributed by atoms with Crippen LogP contribution in [0.25, 0.3) is 0 Å². The SMILES string of the molecule is CSC1CCN(Cc2cc(CN)c(C)o2)CC1. The van der Waals surface area contributed by atoms with Crippen LogP contribution in [-0.2, 0) is 13.1 Å². The molecule has 0 aromatic carbocycles. The highest BCUT2D eigenvalue weighted by atomic mass is 32.2. The first-order valence-electron chi connectivity index (χ1n) is 6.26. The molecule has 1 aromatic rings. The van der Waals surface area contributed by atoms with E-state index in [0.717, 1.165) is 28.9 Å². The summed E-state index contributed by atoms with van der Waals surface area (Å²) in [7, 11) is 0. The number of nitrogens with zero attached hydrogens (tertiary/aromatic N) is 1. The Morgan fingerprint density at radius 2 is 2.18 bits per heavy atom.